The first-order valence-electron chi connectivity index (χ1n) is 7.23. The summed E-state index contributed by atoms with van der Waals surface area (Å²) < 4.78 is 2.00. The molecule has 1 amide bonds. The number of aromatic hydroxyl groups is 1. The fourth-order valence-corrected chi connectivity index (χ4v) is 2.79. The van der Waals surface area contributed by atoms with Crippen molar-refractivity contribution in [3.8, 4) is 5.75 Å². The van der Waals surface area contributed by atoms with Gasteiger partial charge in [-0.3, -0.25) is 9.48 Å². The average Bonchev–Trinajstić information content (AvgIpc) is 2.94. The van der Waals surface area contributed by atoms with Crippen LogP contribution in [0.3, 0.4) is 0 Å². The van der Waals surface area contributed by atoms with Crippen LogP contribution in [0.5, 0.6) is 5.75 Å². The summed E-state index contributed by atoms with van der Waals surface area (Å²) in [6.07, 6.45) is 5.69. The molecule has 0 saturated carbocycles. The van der Waals surface area contributed by atoms with Gasteiger partial charge in [0.1, 0.15) is 5.75 Å². The molecule has 0 unspecified atom stereocenters. The fraction of sp³-hybridized carbons (Fsp3) is 0.375. The van der Waals surface area contributed by atoms with Crippen molar-refractivity contribution in [2.24, 2.45) is 0 Å². The lowest BCUT2D eigenvalue weighted by Crippen LogP contribution is -2.39. The quantitative estimate of drug-likeness (QED) is 0.921. The highest BCUT2D eigenvalue weighted by molar-refractivity contribution is 5.96. The molecule has 110 valence electrons. The van der Waals surface area contributed by atoms with Crippen LogP contribution in [-0.4, -0.2) is 38.8 Å². The lowest BCUT2D eigenvalue weighted by atomic mass is 10.0. The Balaban J connectivity index is 1.66. The summed E-state index contributed by atoms with van der Waals surface area (Å²) in [7, 11) is 0. The number of benzene rings is 1. The number of phenolic OH excluding ortho intramolecular Hbond substituents is 1. The van der Waals surface area contributed by atoms with Gasteiger partial charge < -0.3 is 10.0 Å². The number of piperidine rings is 1. The highest BCUT2D eigenvalue weighted by atomic mass is 16.3. The van der Waals surface area contributed by atoms with Gasteiger partial charge in [-0.2, -0.15) is 5.10 Å². The molecule has 1 saturated heterocycles. The van der Waals surface area contributed by atoms with Gasteiger partial charge in [-0.25, -0.2) is 0 Å². The Morgan fingerprint density at radius 3 is 2.62 bits per heavy atom. The predicted molar refractivity (Wildman–Crippen MR) is 79.2 cm³/mol. The lowest BCUT2D eigenvalue weighted by molar-refractivity contribution is 0.0687. The zero-order chi connectivity index (χ0) is 14.8. The second-order valence-corrected chi connectivity index (χ2v) is 5.54. The van der Waals surface area contributed by atoms with Crippen LogP contribution < -0.4 is 0 Å². The van der Waals surface area contributed by atoms with Gasteiger partial charge in [-0.05, 0) is 37.5 Å². The largest absolute Gasteiger partial charge is 0.507 e. The zero-order valence-electron chi connectivity index (χ0n) is 12.1. The molecule has 1 aliphatic heterocycles. The Kier molecular flexibility index (Phi) is 3.64. The molecule has 1 aromatic carbocycles. The molecule has 1 aromatic heterocycles. The minimum atomic E-state index is -0.0943. The summed E-state index contributed by atoms with van der Waals surface area (Å²) in [5, 5.41) is 14.1. The molecule has 2 aromatic rings. The van der Waals surface area contributed by atoms with Crippen molar-refractivity contribution in [3.63, 3.8) is 0 Å². The van der Waals surface area contributed by atoms with Crippen LogP contribution in [0.1, 0.15) is 34.8 Å². The Morgan fingerprint density at radius 1 is 1.29 bits per heavy atom. The third-order valence-corrected chi connectivity index (χ3v) is 3.99. The van der Waals surface area contributed by atoms with E-state index in [-0.39, 0.29) is 11.7 Å². The van der Waals surface area contributed by atoms with Gasteiger partial charge in [0.25, 0.3) is 5.91 Å². The first-order valence-corrected chi connectivity index (χ1v) is 7.23. The monoisotopic (exact) mass is 285 g/mol. The first-order chi connectivity index (χ1) is 10.1. The van der Waals surface area contributed by atoms with E-state index in [1.165, 1.54) is 0 Å². The number of para-hydroxylation sites is 1. The van der Waals surface area contributed by atoms with E-state index in [2.05, 4.69) is 5.10 Å². The summed E-state index contributed by atoms with van der Waals surface area (Å²) in [5.74, 6) is -0.0458. The standard InChI is InChI=1S/C16H19N3O2/c1-12-10-17-19(11-12)13-6-8-18(9-7-13)16(21)14-4-2-3-5-15(14)20/h2-5,10-11,13,20H,6-9H2,1H3. The van der Waals surface area contributed by atoms with Crippen LogP contribution >= 0.6 is 0 Å². The van der Waals surface area contributed by atoms with Gasteiger partial charge in [0.2, 0.25) is 0 Å². The van der Waals surface area contributed by atoms with Crippen LogP contribution in [0.15, 0.2) is 36.7 Å². The number of phenols is 1. The number of aryl methyl sites for hydroxylation is 1. The Hall–Kier alpha value is -2.30. The maximum atomic E-state index is 12.4. The van der Waals surface area contributed by atoms with E-state index in [9.17, 15) is 9.90 Å². The number of likely N-dealkylation sites (tertiary alicyclic amines) is 1. The number of nitrogens with zero attached hydrogens (tertiary/aromatic N) is 3. The number of carbonyl (C=O) groups is 1. The molecule has 0 bridgehead atoms. The van der Waals surface area contributed by atoms with Crippen LogP contribution in [0, 0.1) is 6.92 Å². The summed E-state index contributed by atoms with van der Waals surface area (Å²) in [6, 6.07) is 7.06. The van der Waals surface area contributed by atoms with Gasteiger partial charge in [0.15, 0.2) is 0 Å². The molecule has 0 radical (unpaired) electrons. The fourth-order valence-electron chi connectivity index (χ4n) is 2.79. The third kappa shape index (κ3) is 2.77. The Morgan fingerprint density at radius 2 is 2.00 bits per heavy atom. The molecule has 3 rings (SSSR count). The number of amides is 1. The van der Waals surface area contributed by atoms with Gasteiger partial charge in [-0.1, -0.05) is 12.1 Å². The van der Waals surface area contributed by atoms with Crippen molar-refractivity contribution >= 4 is 5.91 Å². The van der Waals surface area contributed by atoms with Crippen LogP contribution in [0.4, 0.5) is 0 Å². The molecule has 21 heavy (non-hydrogen) atoms. The molecular weight excluding hydrogens is 266 g/mol. The molecule has 0 atom stereocenters. The van der Waals surface area contributed by atoms with E-state index in [0.717, 1.165) is 18.4 Å². The van der Waals surface area contributed by atoms with Gasteiger partial charge in [0.05, 0.1) is 17.8 Å². The lowest BCUT2D eigenvalue weighted by Gasteiger charge is -2.32. The number of hydrogen-bond donors (Lipinski definition) is 1. The zero-order valence-corrected chi connectivity index (χ0v) is 12.1. The molecule has 0 aliphatic carbocycles. The molecule has 1 fully saturated rings. The smallest absolute Gasteiger partial charge is 0.257 e. The van der Waals surface area contributed by atoms with Crippen molar-refractivity contribution < 1.29 is 9.90 Å². The van der Waals surface area contributed by atoms with Gasteiger partial charge >= 0.3 is 0 Å². The molecular formula is C16H19N3O2. The Labute approximate surface area is 123 Å². The summed E-state index contributed by atoms with van der Waals surface area (Å²) in [6.45, 7) is 3.41. The molecule has 1 aliphatic rings. The van der Waals surface area contributed by atoms with Crippen molar-refractivity contribution in [2.45, 2.75) is 25.8 Å². The number of rotatable bonds is 2. The second kappa shape index (κ2) is 5.60. The minimum absolute atomic E-state index is 0.0484. The summed E-state index contributed by atoms with van der Waals surface area (Å²) in [4.78, 5) is 14.2. The molecule has 1 N–H and O–H groups in total. The van der Waals surface area contributed by atoms with E-state index in [1.807, 2.05) is 28.9 Å². The van der Waals surface area contributed by atoms with Crippen LogP contribution in [0.25, 0.3) is 0 Å². The third-order valence-electron chi connectivity index (χ3n) is 3.99. The van der Waals surface area contributed by atoms with Crippen molar-refractivity contribution in [3.05, 3.63) is 47.8 Å². The van der Waals surface area contributed by atoms with E-state index in [4.69, 9.17) is 0 Å². The Bertz CT molecular complexity index is 642. The molecule has 2 heterocycles. The van der Waals surface area contributed by atoms with Crippen molar-refractivity contribution in [1.29, 1.82) is 0 Å². The van der Waals surface area contributed by atoms with Crippen LogP contribution in [0.2, 0.25) is 0 Å². The first kappa shape index (κ1) is 13.7. The van der Waals surface area contributed by atoms with E-state index in [1.54, 1.807) is 24.3 Å². The number of aromatic nitrogens is 2. The number of hydrogen-bond acceptors (Lipinski definition) is 3. The van der Waals surface area contributed by atoms with Gasteiger partial charge in [0, 0.05) is 19.3 Å². The van der Waals surface area contributed by atoms with Crippen molar-refractivity contribution in [1.82, 2.24) is 14.7 Å². The maximum Gasteiger partial charge on any atom is 0.257 e. The molecule has 0 spiro atoms. The predicted octanol–water partition coefficient (Wildman–Crippen LogP) is 2.37. The van der Waals surface area contributed by atoms with Crippen LogP contribution in [-0.2, 0) is 0 Å². The highest BCUT2D eigenvalue weighted by Gasteiger charge is 2.26. The van der Waals surface area contributed by atoms with Gasteiger partial charge in [-0.15, -0.1) is 0 Å². The van der Waals surface area contributed by atoms with E-state index < -0.39 is 0 Å². The van der Waals surface area contributed by atoms with Crippen molar-refractivity contribution in [2.75, 3.05) is 13.1 Å². The summed E-state index contributed by atoms with van der Waals surface area (Å²) >= 11 is 0. The average molecular weight is 285 g/mol. The topological polar surface area (TPSA) is 58.4 Å². The normalized spacial score (nSPS) is 16.1. The maximum absolute atomic E-state index is 12.4. The number of carbonyl (C=O) groups excluding carboxylic acids is 1. The molecule has 5 nitrogen and oxygen atoms in total. The van der Waals surface area contributed by atoms with E-state index >= 15 is 0 Å². The highest BCUT2D eigenvalue weighted by Crippen LogP contribution is 2.25. The summed E-state index contributed by atoms with van der Waals surface area (Å²) in [5.41, 5.74) is 1.54. The minimum Gasteiger partial charge on any atom is -0.507 e. The van der Waals surface area contributed by atoms with E-state index in [0.29, 0.717) is 24.7 Å². The SMILES string of the molecule is Cc1cnn(C2CCN(C(=O)c3ccccc3O)CC2)c1. The molecule has 5 heteroatoms. The second-order valence-electron chi connectivity index (χ2n) is 5.54.